The number of rotatable bonds is 9. The molecule has 0 fully saturated rings. The van der Waals surface area contributed by atoms with Gasteiger partial charge in [0, 0.05) is 26.2 Å². The van der Waals surface area contributed by atoms with Crippen LogP contribution in [0.1, 0.15) is 13.3 Å². The van der Waals surface area contributed by atoms with Gasteiger partial charge in [0.1, 0.15) is 0 Å². The first-order valence-corrected chi connectivity index (χ1v) is 5.00. The highest BCUT2D eigenvalue weighted by atomic mass is 15.1. The van der Waals surface area contributed by atoms with Crippen molar-refractivity contribution < 1.29 is 0 Å². The van der Waals surface area contributed by atoms with Gasteiger partial charge < -0.3 is 5.32 Å². The van der Waals surface area contributed by atoms with Crippen LogP contribution in [0.25, 0.3) is 0 Å². The van der Waals surface area contributed by atoms with Gasteiger partial charge in [-0.05, 0) is 13.0 Å². The molecule has 2 heteroatoms. The molecule has 0 aliphatic carbocycles. The highest BCUT2D eigenvalue weighted by Gasteiger charge is 1.99. The van der Waals surface area contributed by atoms with Gasteiger partial charge in [0.2, 0.25) is 0 Å². The molecule has 0 saturated heterocycles. The molecule has 13 heavy (non-hydrogen) atoms. The van der Waals surface area contributed by atoms with Gasteiger partial charge in [-0.25, -0.2) is 0 Å². The van der Waals surface area contributed by atoms with Crippen molar-refractivity contribution in [2.24, 2.45) is 0 Å². The Balaban J connectivity index is 3.43. The highest BCUT2D eigenvalue weighted by Crippen LogP contribution is 1.90. The Kier molecular flexibility index (Phi) is 9.05. The van der Waals surface area contributed by atoms with Crippen LogP contribution < -0.4 is 5.32 Å². The van der Waals surface area contributed by atoms with Crippen molar-refractivity contribution in [3.05, 3.63) is 25.3 Å². The molecule has 2 nitrogen and oxygen atoms in total. The Hall–Kier alpha value is -0.600. The van der Waals surface area contributed by atoms with Gasteiger partial charge in [-0.1, -0.05) is 19.1 Å². The fourth-order valence-corrected chi connectivity index (χ4v) is 1.23. The molecule has 1 N–H and O–H groups in total. The van der Waals surface area contributed by atoms with E-state index in [1.165, 1.54) is 6.42 Å². The predicted molar refractivity (Wildman–Crippen MR) is 60.0 cm³/mol. The molecule has 0 aromatic heterocycles. The van der Waals surface area contributed by atoms with Crippen LogP contribution in [-0.2, 0) is 0 Å². The Labute approximate surface area is 82.3 Å². The maximum atomic E-state index is 3.75. The molecule has 0 aromatic rings. The van der Waals surface area contributed by atoms with E-state index < -0.39 is 0 Å². The standard InChI is InChI=1S/C11H22N2/c1-4-7-12-8-11-13(9-5-2)10-6-3/h4-5,12H,1-2,6-11H2,3H3. The van der Waals surface area contributed by atoms with Crippen molar-refractivity contribution in [2.45, 2.75) is 13.3 Å². The number of nitrogens with zero attached hydrogens (tertiary/aromatic N) is 1. The molecule has 0 rings (SSSR count). The molecule has 0 bridgehead atoms. The quantitative estimate of drug-likeness (QED) is 0.431. The number of hydrogen-bond donors (Lipinski definition) is 1. The smallest absolute Gasteiger partial charge is 0.0161 e. The van der Waals surface area contributed by atoms with Gasteiger partial charge in [-0.2, -0.15) is 0 Å². The summed E-state index contributed by atoms with van der Waals surface area (Å²) < 4.78 is 0. The molecule has 0 spiro atoms. The molecule has 0 atom stereocenters. The second-order valence-electron chi connectivity index (χ2n) is 3.08. The zero-order valence-corrected chi connectivity index (χ0v) is 8.76. The summed E-state index contributed by atoms with van der Waals surface area (Å²) in [5, 5.41) is 3.29. The summed E-state index contributed by atoms with van der Waals surface area (Å²) in [6.45, 7) is 14.8. The Morgan fingerprint density at radius 3 is 2.54 bits per heavy atom. The Morgan fingerprint density at radius 2 is 2.00 bits per heavy atom. The largest absolute Gasteiger partial charge is 0.312 e. The zero-order chi connectivity index (χ0) is 9.94. The molecule has 0 heterocycles. The lowest BCUT2D eigenvalue weighted by Crippen LogP contribution is -2.32. The third-order valence-electron chi connectivity index (χ3n) is 1.82. The van der Waals surface area contributed by atoms with Crippen molar-refractivity contribution in [3.63, 3.8) is 0 Å². The Morgan fingerprint density at radius 1 is 1.23 bits per heavy atom. The molecule has 0 saturated carbocycles. The highest BCUT2D eigenvalue weighted by molar-refractivity contribution is 4.75. The first-order valence-electron chi connectivity index (χ1n) is 5.00. The van der Waals surface area contributed by atoms with Crippen LogP contribution in [0.5, 0.6) is 0 Å². The van der Waals surface area contributed by atoms with Crippen LogP contribution in [0.4, 0.5) is 0 Å². The first kappa shape index (κ1) is 12.4. The normalized spacial score (nSPS) is 10.3. The maximum absolute atomic E-state index is 3.75. The lowest BCUT2D eigenvalue weighted by atomic mass is 10.4. The monoisotopic (exact) mass is 182 g/mol. The topological polar surface area (TPSA) is 15.3 Å². The third-order valence-corrected chi connectivity index (χ3v) is 1.82. The first-order chi connectivity index (χ1) is 6.35. The van der Waals surface area contributed by atoms with Crippen molar-refractivity contribution in [1.82, 2.24) is 10.2 Å². The van der Waals surface area contributed by atoms with Crippen molar-refractivity contribution in [1.29, 1.82) is 0 Å². The van der Waals surface area contributed by atoms with E-state index in [0.717, 1.165) is 32.7 Å². The summed E-state index contributed by atoms with van der Waals surface area (Å²) in [6, 6.07) is 0. The molecular weight excluding hydrogens is 160 g/mol. The van der Waals surface area contributed by atoms with E-state index in [1.54, 1.807) is 0 Å². The van der Waals surface area contributed by atoms with E-state index in [2.05, 4.69) is 30.3 Å². The average Bonchev–Trinajstić information content (AvgIpc) is 2.13. The van der Waals surface area contributed by atoms with Gasteiger partial charge in [0.25, 0.3) is 0 Å². The SMILES string of the molecule is C=CCNCCN(CC=C)CCC. The summed E-state index contributed by atoms with van der Waals surface area (Å²) in [5.74, 6) is 0. The minimum Gasteiger partial charge on any atom is -0.312 e. The molecule has 0 aliphatic heterocycles. The van der Waals surface area contributed by atoms with Gasteiger partial charge in [0.05, 0.1) is 0 Å². The van der Waals surface area contributed by atoms with E-state index in [0.29, 0.717) is 0 Å². The Bertz CT molecular complexity index is 132. The van der Waals surface area contributed by atoms with Gasteiger partial charge in [-0.3, -0.25) is 4.90 Å². The molecular formula is C11H22N2. The van der Waals surface area contributed by atoms with Crippen LogP contribution in [0.3, 0.4) is 0 Å². The van der Waals surface area contributed by atoms with E-state index in [9.17, 15) is 0 Å². The fourth-order valence-electron chi connectivity index (χ4n) is 1.23. The van der Waals surface area contributed by atoms with Crippen LogP contribution in [-0.4, -0.2) is 37.6 Å². The lowest BCUT2D eigenvalue weighted by Gasteiger charge is -2.19. The molecule has 0 radical (unpaired) electrons. The van der Waals surface area contributed by atoms with Crippen LogP contribution in [0.15, 0.2) is 25.3 Å². The zero-order valence-electron chi connectivity index (χ0n) is 8.76. The summed E-state index contributed by atoms with van der Waals surface area (Å²) in [4.78, 5) is 2.39. The molecule has 0 amide bonds. The summed E-state index contributed by atoms with van der Waals surface area (Å²) in [6.07, 6.45) is 5.05. The van der Waals surface area contributed by atoms with Crippen molar-refractivity contribution >= 4 is 0 Å². The summed E-state index contributed by atoms with van der Waals surface area (Å²) in [7, 11) is 0. The summed E-state index contributed by atoms with van der Waals surface area (Å²) >= 11 is 0. The maximum Gasteiger partial charge on any atom is 0.0161 e. The minimum absolute atomic E-state index is 0.897. The number of nitrogens with one attached hydrogen (secondary N) is 1. The molecule has 0 aliphatic rings. The molecule has 76 valence electrons. The van der Waals surface area contributed by atoms with Crippen molar-refractivity contribution in [2.75, 3.05) is 32.7 Å². The van der Waals surface area contributed by atoms with E-state index in [4.69, 9.17) is 0 Å². The van der Waals surface area contributed by atoms with Crippen LogP contribution in [0.2, 0.25) is 0 Å². The average molecular weight is 182 g/mol. The third kappa shape index (κ3) is 7.75. The lowest BCUT2D eigenvalue weighted by molar-refractivity contribution is 0.303. The van der Waals surface area contributed by atoms with Crippen LogP contribution >= 0.6 is 0 Å². The fraction of sp³-hybridized carbons (Fsp3) is 0.636. The number of hydrogen-bond acceptors (Lipinski definition) is 2. The second kappa shape index (κ2) is 9.49. The van der Waals surface area contributed by atoms with Gasteiger partial charge in [-0.15, -0.1) is 13.2 Å². The molecule has 0 unspecified atom stereocenters. The van der Waals surface area contributed by atoms with E-state index in [-0.39, 0.29) is 0 Å². The summed E-state index contributed by atoms with van der Waals surface area (Å²) in [5.41, 5.74) is 0. The van der Waals surface area contributed by atoms with Gasteiger partial charge in [0.15, 0.2) is 0 Å². The van der Waals surface area contributed by atoms with Crippen molar-refractivity contribution in [3.8, 4) is 0 Å². The minimum atomic E-state index is 0.897. The van der Waals surface area contributed by atoms with Gasteiger partial charge >= 0.3 is 0 Å². The van der Waals surface area contributed by atoms with Crippen LogP contribution in [0, 0.1) is 0 Å². The second-order valence-corrected chi connectivity index (χ2v) is 3.08. The van der Waals surface area contributed by atoms with E-state index in [1.807, 2.05) is 12.2 Å². The molecule has 0 aromatic carbocycles. The predicted octanol–water partition coefficient (Wildman–Crippen LogP) is 1.66. The van der Waals surface area contributed by atoms with E-state index >= 15 is 0 Å².